The van der Waals surface area contributed by atoms with Crippen molar-refractivity contribution < 1.29 is 13.9 Å². The highest BCUT2D eigenvalue weighted by Crippen LogP contribution is 2.08. The van der Waals surface area contributed by atoms with E-state index in [-0.39, 0.29) is 0 Å². The molecule has 0 bridgehead atoms. The normalized spacial score (nSPS) is 12.3. The molecule has 5 heteroatoms. The lowest BCUT2D eigenvalue weighted by Gasteiger charge is -2.30. The van der Waals surface area contributed by atoms with Crippen LogP contribution in [0.4, 0.5) is 0 Å². The van der Waals surface area contributed by atoms with Crippen LogP contribution < -0.4 is 5.32 Å². The lowest BCUT2D eigenvalue weighted by molar-refractivity contribution is -0.355. The van der Waals surface area contributed by atoms with E-state index in [1.165, 1.54) is 0 Å². The van der Waals surface area contributed by atoms with Gasteiger partial charge in [0.15, 0.2) is 10.5 Å². The number of nitrogens with one attached hydrogen (secondary N) is 1. The summed E-state index contributed by atoms with van der Waals surface area (Å²) in [5.41, 5.74) is 0. The fraction of sp³-hybridized carbons (Fsp3) is 1.00. The molecule has 0 aliphatic carbocycles. The van der Waals surface area contributed by atoms with Gasteiger partial charge in [0, 0.05) is 0 Å². The van der Waals surface area contributed by atoms with Crippen molar-refractivity contribution in [3.63, 3.8) is 0 Å². The fourth-order valence-corrected chi connectivity index (χ4v) is 1.23. The second-order valence-electron chi connectivity index (χ2n) is 1.88. The minimum Gasteiger partial charge on any atom is -0.367 e. The second kappa shape index (κ2) is 5.67. The molecule has 68 valence electrons. The molecule has 0 amide bonds. The molecule has 0 fully saturated rings. The smallest absolute Gasteiger partial charge is 0.340 e. The van der Waals surface area contributed by atoms with Crippen molar-refractivity contribution in [2.75, 3.05) is 20.3 Å². The van der Waals surface area contributed by atoms with Crippen LogP contribution in [-0.4, -0.2) is 36.8 Å². The van der Waals surface area contributed by atoms with E-state index < -0.39 is 6.10 Å². The maximum absolute atomic E-state index is 5.25. The van der Waals surface area contributed by atoms with Gasteiger partial charge in [0.05, 0.1) is 13.2 Å². The standard InChI is InChI=1S/C6H17NO3Si/c1-4-8-6(7-3,10-11)9-5-2/h7H,4-5H2,1-3,11H3. The summed E-state index contributed by atoms with van der Waals surface area (Å²) in [4.78, 5) is 0. The minimum absolute atomic E-state index is 0.559. The topological polar surface area (TPSA) is 39.7 Å². The van der Waals surface area contributed by atoms with E-state index in [9.17, 15) is 0 Å². The summed E-state index contributed by atoms with van der Waals surface area (Å²) in [6.07, 6.45) is -1.00. The molecule has 0 radical (unpaired) electrons. The Morgan fingerprint density at radius 1 is 1.27 bits per heavy atom. The van der Waals surface area contributed by atoms with Crippen LogP contribution in [0.2, 0.25) is 0 Å². The molecule has 0 aromatic heterocycles. The monoisotopic (exact) mass is 179 g/mol. The lowest BCUT2D eigenvalue weighted by atomic mass is 10.8. The molecule has 0 atom stereocenters. The molecular formula is C6H17NO3Si. The molecular weight excluding hydrogens is 162 g/mol. The van der Waals surface area contributed by atoms with Gasteiger partial charge in [0.1, 0.15) is 0 Å². The van der Waals surface area contributed by atoms with Gasteiger partial charge in [-0.1, -0.05) is 0 Å². The first-order chi connectivity index (χ1) is 5.24. The average Bonchev–Trinajstić information content (AvgIpc) is 2.04. The number of hydrogen-bond acceptors (Lipinski definition) is 4. The van der Waals surface area contributed by atoms with Crippen molar-refractivity contribution >= 4 is 10.5 Å². The maximum Gasteiger partial charge on any atom is 0.340 e. The van der Waals surface area contributed by atoms with Crippen molar-refractivity contribution in [2.24, 2.45) is 0 Å². The molecule has 0 aromatic carbocycles. The van der Waals surface area contributed by atoms with Crippen LogP contribution in [0.3, 0.4) is 0 Å². The quantitative estimate of drug-likeness (QED) is 0.427. The third kappa shape index (κ3) is 3.30. The van der Waals surface area contributed by atoms with Crippen molar-refractivity contribution in [1.29, 1.82) is 0 Å². The van der Waals surface area contributed by atoms with E-state index in [1.54, 1.807) is 7.05 Å². The van der Waals surface area contributed by atoms with Crippen molar-refractivity contribution in [3.8, 4) is 0 Å². The van der Waals surface area contributed by atoms with E-state index in [4.69, 9.17) is 13.9 Å². The van der Waals surface area contributed by atoms with Gasteiger partial charge in [-0.2, -0.15) is 0 Å². The van der Waals surface area contributed by atoms with Crippen molar-refractivity contribution in [3.05, 3.63) is 0 Å². The summed E-state index contributed by atoms with van der Waals surface area (Å²) < 4.78 is 15.6. The molecule has 0 rings (SSSR count). The Morgan fingerprint density at radius 3 is 1.91 bits per heavy atom. The molecule has 0 aliphatic rings. The van der Waals surface area contributed by atoms with E-state index in [2.05, 4.69) is 5.32 Å². The summed E-state index contributed by atoms with van der Waals surface area (Å²) in [6.45, 7) is 4.91. The van der Waals surface area contributed by atoms with Gasteiger partial charge in [-0.3, -0.25) is 0 Å². The molecule has 0 aliphatic heterocycles. The molecule has 0 saturated carbocycles. The average molecular weight is 179 g/mol. The number of rotatable bonds is 6. The minimum atomic E-state index is -1.00. The molecule has 11 heavy (non-hydrogen) atoms. The Balaban J connectivity index is 3.96. The summed E-state index contributed by atoms with van der Waals surface area (Å²) in [5.74, 6) is 0. The molecule has 0 unspecified atom stereocenters. The lowest BCUT2D eigenvalue weighted by Crippen LogP contribution is -2.50. The summed E-state index contributed by atoms with van der Waals surface area (Å²) in [7, 11) is 2.31. The zero-order valence-corrected chi connectivity index (χ0v) is 9.64. The Bertz CT molecular complexity index is 89.8. The van der Waals surface area contributed by atoms with Crippen molar-refractivity contribution in [2.45, 2.75) is 19.9 Å². The Kier molecular flexibility index (Phi) is 5.70. The molecule has 0 aromatic rings. The zero-order valence-electron chi connectivity index (χ0n) is 7.64. The number of hydrogen-bond donors (Lipinski definition) is 1. The second-order valence-corrected chi connectivity index (χ2v) is 2.28. The Hall–Kier alpha value is 0.0569. The summed E-state index contributed by atoms with van der Waals surface area (Å²) in [6, 6.07) is 0. The van der Waals surface area contributed by atoms with E-state index in [0.717, 1.165) is 0 Å². The third-order valence-corrected chi connectivity index (χ3v) is 1.78. The highest BCUT2D eigenvalue weighted by Gasteiger charge is 2.27. The van der Waals surface area contributed by atoms with Gasteiger partial charge in [-0.25, -0.2) is 5.32 Å². The first-order valence-corrected chi connectivity index (χ1v) is 4.58. The van der Waals surface area contributed by atoms with Crippen LogP contribution in [0.5, 0.6) is 0 Å². The first kappa shape index (κ1) is 11.1. The van der Waals surface area contributed by atoms with Crippen LogP contribution in [-0.2, 0) is 13.9 Å². The zero-order chi connectivity index (χ0) is 8.74. The predicted octanol–water partition coefficient (Wildman–Crippen LogP) is -0.813. The molecule has 4 nitrogen and oxygen atoms in total. The van der Waals surface area contributed by atoms with Crippen LogP contribution >= 0.6 is 0 Å². The van der Waals surface area contributed by atoms with Crippen LogP contribution in [0.15, 0.2) is 0 Å². The van der Waals surface area contributed by atoms with Crippen LogP contribution in [0.1, 0.15) is 13.8 Å². The summed E-state index contributed by atoms with van der Waals surface area (Å²) in [5, 5.41) is 2.84. The first-order valence-electron chi connectivity index (χ1n) is 3.76. The maximum atomic E-state index is 5.25. The summed E-state index contributed by atoms with van der Waals surface area (Å²) >= 11 is 0. The van der Waals surface area contributed by atoms with E-state index in [1.807, 2.05) is 13.8 Å². The molecule has 0 spiro atoms. The van der Waals surface area contributed by atoms with Gasteiger partial charge in [0.2, 0.25) is 0 Å². The number of ether oxygens (including phenoxy) is 2. The van der Waals surface area contributed by atoms with E-state index in [0.29, 0.717) is 23.7 Å². The molecule has 0 heterocycles. The van der Waals surface area contributed by atoms with Crippen LogP contribution in [0, 0.1) is 0 Å². The van der Waals surface area contributed by atoms with Gasteiger partial charge >= 0.3 is 6.10 Å². The van der Waals surface area contributed by atoms with Gasteiger partial charge in [-0.05, 0) is 20.9 Å². The highest BCUT2D eigenvalue weighted by molar-refractivity contribution is 5.98. The largest absolute Gasteiger partial charge is 0.367 e. The van der Waals surface area contributed by atoms with Gasteiger partial charge < -0.3 is 13.9 Å². The van der Waals surface area contributed by atoms with Crippen molar-refractivity contribution in [1.82, 2.24) is 5.32 Å². The van der Waals surface area contributed by atoms with Gasteiger partial charge in [0.25, 0.3) is 0 Å². The van der Waals surface area contributed by atoms with E-state index >= 15 is 0 Å². The molecule has 1 N–H and O–H groups in total. The highest BCUT2D eigenvalue weighted by atomic mass is 28.2. The third-order valence-electron chi connectivity index (χ3n) is 1.24. The van der Waals surface area contributed by atoms with Gasteiger partial charge in [-0.15, -0.1) is 0 Å². The Labute approximate surface area is 70.7 Å². The Morgan fingerprint density at radius 2 is 1.73 bits per heavy atom. The fourth-order valence-electron chi connectivity index (χ4n) is 0.786. The van der Waals surface area contributed by atoms with Crippen LogP contribution in [0.25, 0.3) is 0 Å². The SMILES string of the molecule is CCOC(NC)(O[SiH3])OCC. The predicted molar refractivity (Wildman–Crippen MR) is 46.1 cm³/mol. The molecule has 0 saturated heterocycles.